The average molecular weight is 295 g/mol. The number of hydrogen-bond donors (Lipinski definition) is 3. The van der Waals surface area contributed by atoms with Crippen molar-refractivity contribution in [3.8, 4) is 0 Å². The van der Waals surface area contributed by atoms with E-state index in [1.165, 1.54) is 0 Å². The van der Waals surface area contributed by atoms with E-state index in [1.54, 1.807) is 25.1 Å². The second-order valence-corrected chi connectivity index (χ2v) is 4.76. The number of nitrogen functional groups attached to an aromatic ring is 1. The fraction of sp³-hybridized carbons (Fsp3) is 0.231. The molecule has 1 aromatic heterocycles. The van der Waals surface area contributed by atoms with Crippen molar-refractivity contribution in [1.82, 2.24) is 10.5 Å². The van der Waals surface area contributed by atoms with Crippen LogP contribution in [0.5, 0.6) is 0 Å². The zero-order chi connectivity index (χ0) is 14.7. The highest BCUT2D eigenvalue weighted by Crippen LogP contribution is 2.20. The fourth-order valence-electron chi connectivity index (χ4n) is 1.85. The Morgan fingerprint density at radius 3 is 2.80 bits per heavy atom. The molecular weight excluding hydrogens is 280 g/mol. The Balaban J connectivity index is 2.15. The first-order valence-electron chi connectivity index (χ1n) is 5.99. The Morgan fingerprint density at radius 1 is 1.45 bits per heavy atom. The van der Waals surface area contributed by atoms with Crippen molar-refractivity contribution in [2.24, 2.45) is 5.84 Å². The van der Waals surface area contributed by atoms with Crippen LogP contribution >= 0.6 is 11.6 Å². The minimum absolute atomic E-state index is 0.277. The summed E-state index contributed by atoms with van der Waals surface area (Å²) in [5.74, 6) is 5.79. The Labute approximate surface area is 121 Å². The average Bonchev–Trinajstić information content (AvgIpc) is 2.75. The number of benzene rings is 1. The lowest BCUT2D eigenvalue weighted by molar-refractivity contribution is 0.0951. The molecule has 0 saturated heterocycles. The molecule has 0 bridgehead atoms. The molecule has 1 heterocycles. The quantitative estimate of drug-likeness (QED) is 0.593. The van der Waals surface area contributed by atoms with Crippen LogP contribution in [-0.2, 0) is 6.54 Å². The summed E-state index contributed by atoms with van der Waals surface area (Å²) in [6.45, 7) is 3.95. The number of anilines is 1. The van der Waals surface area contributed by atoms with Gasteiger partial charge in [0.1, 0.15) is 5.76 Å². The number of nitrogens with one attached hydrogen (secondary N) is 2. The number of carbonyl (C=O) groups is 1. The lowest BCUT2D eigenvalue weighted by Gasteiger charge is -2.10. The molecule has 0 aliphatic carbocycles. The van der Waals surface area contributed by atoms with Crippen LogP contribution in [0.25, 0.3) is 0 Å². The Hall–Kier alpha value is -2.05. The molecule has 0 saturated carbocycles. The van der Waals surface area contributed by atoms with Gasteiger partial charge in [-0.05, 0) is 32.0 Å². The monoisotopic (exact) mass is 294 g/mol. The van der Waals surface area contributed by atoms with Crippen LogP contribution in [0.2, 0.25) is 5.02 Å². The van der Waals surface area contributed by atoms with Crippen LogP contribution < -0.4 is 16.6 Å². The van der Waals surface area contributed by atoms with E-state index in [9.17, 15) is 4.79 Å². The number of hydrazine groups is 1. The van der Waals surface area contributed by atoms with Gasteiger partial charge in [-0.1, -0.05) is 16.8 Å². The Kier molecular flexibility index (Phi) is 4.26. The van der Waals surface area contributed by atoms with Gasteiger partial charge in [-0.2, -0.15) is 0 Å². The number of nitrogens with zero attached hydrogens (tertiary/aromatic N) is 1. The van der Waals surface area contributed by atoms with E-state index in [0.29, 0.717) is 28.6 Å². The van der Waals surface area contributed by atoms with E-state index in [2.05, 4.69) is 15.9 Å². The van der Waals surface area contributed by atoms with Gasteiger partial charge in [-0.15, -0.1) is 0 Å². The molecular formula is C13H15ClN4O2. The van der Waals surface area contributed by atoms with E-state index in [1.807, 2.05) is 6.92 Å². The number of amides is 1. The van der Waals surface area contributed by atoms with Crippen LogP contribution in [-0.4, -0.2) is 11.1 Å². The van der Waals surface area contributed by atoms with Crippen LogP contribution in [0.15, 0.2) is 22.7 Å². The predicted octanol–water partition coefficient (Wildman–Crippen LogP) is 2.16. The topological polar surface area (TPSA) is 93.2 Å². The highest BCUT2D eigenvalue weighted by Gasteiger charge is 2.14. The van der Waals surface area contributed by atoms with Crippen LogP contribution in [0.3, 0.4) is 0 Å². The second kappa shape index (κ2) is 5.94. The maximum absolute atomic E-state index is 12.2. The van der Waals surface area contributed by atoms with Gasteiger partial charge in [-0.3, -0.25) is 10.6 Å². The Morgan fingerprint density at radius 2 is 2.20 bits per heavy atom. The maximum Gasteiger partial charge on any atom is 0.253 e. The van der Waals surface area contributed by atoms with Crippen molar-refractivity contribution in [3.05, 3.63) is 45.8 Å². The summed E-state index contributed by atoms with van der Waals surface area (Å²) >= 11 is 5.89. The summed E-state index contributed by atoms with van der Waals surface area (Å²) in [6, 6.07) is 4.86. The molecule has 0 spiro atoms. The van der Waals surface area contributed by atoms with Crippen LogP contribution in [0.4, 0.5) is 5.69 Å². The summed E-state index contributed by atoms with van der Waals surface area (Å²) in [6.07, 6.45) is 0. The highest BCUT2D eigenvalue weighted by molar-refractivity contribution is 6.31. The van der Waals surface area contributed by atoms with Crippen molar-refractivity contribution in [3.63, 3.8) is 0 Å². The smallest absolute Gasteiger partial charge is 0.253 e. The summed E-state index contributed by atoms with van der Waals surface area (Å²) < 4.78 is 5.04. The van der Waals surface area contributed by atoms with Gasteiger partial charge in [0.2, 0.25) is 0 Å². The Bertz CT molecular complexity index is 620. The van der Waals surface area contributed by atoms with Gasteiger partial charge in [0.25, 0.3) is 5.91 Å². The molecule has 1 amide bonds. The third-order valence-electron chi connectivity index (χ3n) is 2.99. The summed E-state index contributed by atoms with van der Waals surface area (Å²) in [4.78, 5) is 12.2. The lowest BCUT2D eigenvalue weighted by atomic mass is 10.1. The molecule has 2 rings (SSSR count). The van der Waals surface area contributed by atoms with Gasteiger partial charge in [0.15, 0.2) is 0 Å². The second-order valence-electron chi connectivity index (χ2n) is 4.32. The lowest BCUT2D eigenvalue weighted by Crippen LogP contribution is -2.25. The molecule has 0 radical (unpaired) electrons. The molecule has 1 aromatic carbocycles. The summed E-state index contributed by atoms with van der Waals surface area (Å²) in [5, 5.41) is 7.09. The van der Waals surface area contributed by atoms with Crippen molar-refractivity contribution in [2.45, 2.75) is 20.4 Å². The van der Waals surface area contributed by atoms with Crippen LogP contribution in [0, 0.1) is 13.8 Å². The van der Waals surface area contributed by atoms with Gasteiger partial charge >= 0.3 is 0 Å². The van der Waals surface area contributed by atoms with E-state index in [0.717, 1.165) is 11.3 Å². The number of halogens is 1. The van der Waals surface area contributed by atoms with Gasteiger partial charge in [0.05, 0.1) is 16.9 Å². The normalized spacial score (nSPS) is 10.4. The van der Waals surface area contributed by atoms with Crippen molar-refractivity contribution < 1.29 is 9.32 Å². The SMILES string of the molecule is Cc1noc(C)c1CNC(=O)c1cc(Cl)ccc1NN. The van der Waals surface area contributed by atoms with Gasteiger partial charge in [0, 0.05) is 17.1 Å². The number of aromatic nitrogens is 1. The number of nitrogens with two attached hydrogens (primary N) is 1. The number of carbonyl (C=O) groups excluding carboxylic acids is 1. The van der Waals surface area contributed by atoms with Crippen molar-refractivity contribution >= 4 is 23.2 Å². The van der Waals surface area contributed by atoms with E-state index in [4.69, 9.17) is 22.0 Å². The zero-order valence-electron chi connectivity index (χ0n) is 11.2. The molecule has 0 unspecified atom stereocenters. The van der Waals surface area contributed by atoms with E-state index >= 15 is 0 Å². The highest BCUT2D eigenvalue weighted by atomic mass is 35.5. The third kappa shape index (κ3) is 2.92. The van der Waals surface area contributed by atoms with E-state index in [-0.39, 0.29) is 5.91 Å². The molecule has 7 heteroatoms. The summed E-state index contributed by atoms with van der Waals surface area (Å²) in [7, 11) is 0. The maximum atomic E-state index is 12.2. The molecule has 0 fully saturated rings. The van der Waals surface area contributed by atoms with Gasteiger partial charge in [-0.25, -0.2) is 0 Å². The molecule has 0 aliphatic heterocycles. The first-order chi connectivity index (χ1) is 9.52. The standard InChI is InChI=1S/C13H15ClN4O2/c1-7-11(8(2)20-18-7)6-16-13(19)10-5-9(14)3-4-12(10)17-15/h3-5,17H,6,15H2,1-2H3,(H,16,19). The van der Waals surface area contributed by atoms with E-state index < -0.39 is 0 Å². The van der Waals surface area contributed by atoms with Crippen LogP contribution in [0.1, 0.15) is 27.4 Å². The van der Waals surface area contributed by atoms with Crippen molar-refractivity contribution in [2.75, 3.05) is 5.43 Å². The molecule has 20 heavy (non-hydrogen) atoms. The molecule has 0 atom stereocenters. The molecule has 106 valence electrons. The van der Waals surface area contributed by atoms with Crippen molar-refractivity contribution in [1.29, 1.82) is 0 Å². The zero-order valence-corrected chi connectivity index (χ0v) is 11.9. The fourth-order valence-corrected chi connectivity index (χ4v) is 2.02. The number of hydrogen-bond acceptors (Lipinski definition) is 5. The largest absolute Gasteiger partial charge is 0.361 e. The molecule has 4 N–H and O–H groups in total. The molecule has 0 aliphatic rings. The minimum atomic E-state index is -0.277. The predicted molar refractivity (Wildman–Crippen MR) is 76.4 cm³/mol. The molecule has 6 nitrogen and oxygen atoms in total. The first kappa shape index (κ1) is 14.4. The number of rotatable bonds is 4. The third-order valence-corrected chi connectivity index (χ3v) is 3.22. The van der Waals surface area contributed by atoms with Gasteiger partial charge < -0.3 is 15.3 Å². The number of aryl methyl sites for hydroxylation is 2. The molecule has 2 aromatic rings. The minimum Gasteiger partial charge on any atom is -0.361 e. The first-order valence-corrected chi connectivity index (χ1v) is 6.37. The summed E-state index contributed by atoms with van der Waals surface area (Å²) in [5.41, 5.74) is 4.97.